The lowest BCUT2D eigenvalue weighted by Gasteiger charge is -2.21. The number of ether oxygens (including phenoxy) is 1. The normalized spacial score (nSPS) is 13.3. The van der Waals surface area contributed by atoms with Crippen LogP contribution in [-0.4, -0.2) is 38.5 Å². The van der Waals surface area contributed by atoms with Crippen molar-refractivity contribution >= 4 is 11.8 Å². The Bertz CT molecular complexity index is 1000. The quantitative estimate of drug-likeness (QED) is 0.585. The van der Waals surface area contributed by atoms with E-state index in [0.717, 1.165) is 11.3 Å². The van der Waals surface area contributed by atoms with E-state index in [1.807, 2.05) is 67.5 Å². The number of anilines is 1. The Labute approximate surface area is 183 Å². The van der Waals surface area contributed by atoms with Crippen LogP contribution in [0.1, 0.15) is 35.1 Å². The minimum absolute atomic E-state index is 0.0221. The molecule has 5 nitrogen and oxygen atoms in total. The van der Waals surface area contributed by atoms with Crippen LogP contribution in [0.4, 0.5) is 10.5 Å². The second-order valence-electron chi connectivity index (χ2n) is 8.02. The number of nitrogens with zero attached hydrogens (tertiary/aromatic N) is 1. The average Bonchev–Trinajstić information content (AvgIpc) is 3.11. The molecule has 3 aromatic carbocycles. The summed E-state index contributed by atoms with van der Waals surface area (Å²) in [6.07, 6.45) is -0.0529. The summed E-state index contributed by atoms with van der Waals surface area (Å²) in [6.45, 7) is 0.245. The highest BCUT2D eigenvalue weighted by Gasteiger charge is 2.29. The van der Waals surface area contributed by atoms with Gasteiger partial charge in [0, 0.05) is 32.3 Å². The fourth-order valence-electron chi connectivity index (χ4n) is 4.24. The number of rotatable bonds is 7. The molecular weight excluding hydrogens is 388 g/mol. The van der Waals surface area contributed by atoms with Crippen LogP contribution < -0.4 is 10.2 Å². The number of amides is 1. The molecule has 3 aromatic rings. The SMILES string of the molecule is CN(C)c1ccc([C@H](CCO)NC(=O)OCC2c3ccccc3-c3ccccc32)cc1. The van der Waals surface area contributed by atoms with E-state index in [2.05, 4.69) is 29.6 Å². The number of aliphatic hydroxyl groups excluding tert-OH is 1. The molecule has 31 heavy (non-hydrogen) atoms. The largest absolute Gasteiger partial charge is 0.449 e. The Morgan fingerprint density at radius 2 is 1.55 bits per heavy atom. The lowest BCUT2D eigenvalue weighted by molar-refractivity contribution is 0.136. The number of hydrogen-bond acceptors (Lipinski definition) is 4. The van der Waals surface area contributed by atoms with Crippen LogP contribution in [-0.2, 0) is 4.74 Å². The maximum absolute atomic E-state index is 12.6. The van der Waals surface area contributed by atoms with Gasteiger partial charge in [-0.15, -0.1) is 0 Å². The first kappa shape index (κ1) is 20.9. The van der Waals surface area contributed by atoms with Gasteiger partial charge in [-0.3, -0.25) is 0 Å². The average molecular weight is 417 g/mol. The van der Waals surface area contributed by atoms with Gasteiger partial charge in [-0.2, -0.15) is 0 Å². The van der Waals surface area contributed by atoms with E-state index in [-0.39, 0.29) is 25.2 Å². The van der Waals surface area contributed by atoms with Crippen molar-refractivity contribution in [3.63, 3.8) is 0 Å². The maximum Gasteiger partial charge on any atom is 0.407 e. The van der Waals surface area contributed by atoms with Crippen molar-refractivity contribution in [1.29, 1.82) is 0 Å². The summed E-state index contributed by atoms with van der Waals surface area (Å²) >= 11 is 0. The van der Waals surface area contributed by atoms with E-state index in [9.17, 15) is 9.90 Å². The van der Waals surface area contributed by atoms with E-state index in [1.54, 1.807) is 0 Å². The Kier molecular flexibility index (Phi) is 6.23. The molecule has 160 valence electrons. The molecule has 0 heterocycles. The van der Waals surface area contributed by atoms with Crippen molar-refractivity contribution in [2.75, 3.05) is 32.2 Å². The van der Waals surface area contributed by atoms with Gasteiger partial charge in [0.25, 0.3) is 0 Å². The van der Waals surface area contributed by atoms with Gasteiger partial charge in [0.15, 0.2) is 0 Å². The highest BCUT2D eigenvalue weighted by molar-refractivity contribution is 5.79. The second-order valence-corrected chi connectivity index (χ2v) is 8.02. The van der Waals surface area contributed by atoms with Gasteiger partial charge in [-0.1, -0.05) is 60.7 Å². The van der Waals surface area contributed by atoms with Gasteiger partial charge in [-0.05, 0) is 46.4 Å². The van der Waals surface area contributed by atoms with Crippen molar-refractivity contribution in [1.82, 2.24) is 5.32 Å². The summed E-state index contributed by atoms with van der Waals surface area (Å²) in [7, 11) is 3.96. The highest BCUT2D eigenvalue weighted by Crippen LogP contribution is 2.44. The lowest BCUT2D eigenvalue weighted by atomic mass is 9.98. The molecule has 0 saturated carbocycles. The van der Waals surface area contributed by atoms with Gasteiger partial charge in [0.05, 0.1) is 6.04 Å². The van der Waals surface area contributed by atoms with Crippen LogP contribution in [0.2, 0.25) is 0 Å². The zero-order chi connectivity index (χ0) is 21.8. The molecule has 1 aliphatic rings. The number of hydrogen-bond donors (Lipinski definition) is 2. The third kappa shape index (κ3) is 4.42. The third-order valence-corrected chi connectivity index (χ3v) is 5.87. The van der Waals surface area contributed by atoms with Crippen LogP contribution >= 0.6 is 0 Å². The molecule has 4 rings (SSSR count). The summed E-state index contributed by atoms with van der Waals surface area (Å²) < 4.78 is 5.66. The molecule has 0 saturated heterocycles. The number of carbonyl (C=O) groups excluding carboxylic acids is 1. The van der Waals surface area contributed by atoms with Crippen molar-refractivity contribution < 1.29 is 14.6 Å². The van der Waals surface area contributed by atoms with Crippen LogP contribution in [0.3, 0.4) is 0 Å². The van der Waals surface area contributed by atoms with Gasteiger partial charge in [0.2, 0.25) is 0 Å². The monoisotopic (exact) mass is 416 g/mol. The van der Waals surface area contributed by atoms with Crippen molar-refractivity contribution in [2.24, 2.45) is 0 Å². The van der Waals surface area contributed by atoms with E-state index in [0.29, 0.717) is 6.42 Å². The highest BCUT2D eigenvalue weighted by atomic mass is 16.5. The molecule has 1 amide bonds. The molecule has 2 N–H and O–H groups in total. The fourth-order valence-corrected chi connectivity index (χ4v) is 4.24. The first-order valence-electron chi connectivity index (χ1n) is 10.6. The topological polar surface area (TPSA) is 61.8 Å². The van der Waals surface area contributed by atoms with E-state index in [1.165, 1.54) is 22.3 Å². The van der Waals surface area contributed by atoms with Crippen molar-refractivity contribution in [3.05, 3.63) is 89.5 Å². The number of benzene rings is 3. The van der Waals surface area contributed by atoms with Crippen LogP contribution in [0, 0.1) is 0 Å². The molecule has 0 unspecified atom stereocenters. The van der Waals surface area contributed by atoms with Gasteiger partial charge >= 0.3 is 6.09 Å². The van der Waals surface area contributed by atoms with Gasteiger partial charge in [0.1, 0.15) is 6.61 Å². The molecule has 0 aliphatic heterocycles. The summed E-state index contributed by atoms with van der Waals surface area (Å²) in [5, 5.41) is 12.4. The Morgan fingerprint density at radius 1 is 0.968 bits per heavy atom. The molecule has 0 radical (unpaired) electrons. The summed E-state index contributed by atoms with van der Waals surface area (Å²) in [6, 6.07) is 24.2. The molecule has 0 aromatic heterocycles. The Hall–Kier alpha value is -3.31. The molecule has 5 heteroatoms. The predicted molar refractivity (Wildman–Crippen MR) is 123 cm³/mol. The number of alkyl carbamates (subject to hydrolysis) is 1. The predicted octanol–water partition coefficient (Wildman–Crippen LogP) is 4.71. The van der Waals surface area contributed by atoms with Gasteiger partial charge < -0.3 is 20.1 Å². The van der Waals surface area contributed by atoms with Crippen LogP contribution in [0.15, 0.2) is 72.8 Å². The molecule has 0 bridgehead atoms. The van der Waals surface area contributed by atoms with E-state index >= 15 is 0 Å². The minimum atomic E-state index is -0.475. The standard InChI is InChI=1S/C26H28N2O3/c1-28(2)19-13-11-18(12-14-19)25(15-16-29)27-26(30)31-17-24-22-9-5-3-7-20(22)21-8-4-6-10-23(21)24/h3-14,24-25,29H,15-17H2,1-2H3,(H,27,30)/t25-/m0/s1. The van der Waals surface area contributed by atoms with E-state index in [4.69, 9.17) is 4.74 Å². The maximum atomic E-state index is 12.6. The summed E-state index contributed by atoms with van der Waals surface area (Å²) in [4.78, 5) is 14.7. The molecule has 0 spiro atoms. The lowest BCUT2D eigenvalue weighted by Crippen LogP contribution is -2.31. The third-order valence-electron chi connectivity index (χ3n) is 5.87. The van der Waals surface area contributed by atoms with Crippen LogP contribution in [0.25, 0.3) is 11.1 Å². The Balaban J connectivity index is 1.44. The number of aliphatic hydroxyl groups is 1. The first-order valence-corrected chi connectivity index (χ1v) is 10.6. The smallest absolute Gasteiger partial charge is 0.407 e. The molecular formula is C26H28N2O3. The number of nitrogens with one attached hydrogen (secondary N) is 1. The summed E-state index contributed by atoms with van der Waals surface area (Å²) in [5.74, 6) is 0.0221. The zero-order valence-corrected chi connectivity index (χ0v) is 17.9. The molecule has 0 fully saturated rings. The number of fused-ring (bicyclic) bond motifs is 3. The summed E-state index contributed by atoms with van der Waals surface area (Å²) in [5.41, 5.74) is 6.78. The zero-order valence-electron chi connectivity index (χ0n) is 17.9. The number of carbonyl (C=O) groups is 1. The molecule has 1 aliphatic carbocycles. The van der Waals surface area contributed by atoms with Crippen LogP contribution in [0.5, 0.6) is 0 Å². The second kappa shape index (κ2) is 9.23. The van der Waals surface area contributed by atoms with E-state index < -0.39 is 6.09 Å². The van der Waals surface area contributed by atoms with Crippen molar-refractivity contribution in [3.8, 4) is 11.1 Å². The fraction of sp³-hybridized carbons (Fsp3) is 0.269. The Morgan fingerprint density at radius 3 is 2.10 bits per heavy atom. The first-order chi connectivity index (χ1) is 15.1. The molecule has 1 atom stereocenters. The van der Waals surface area contributed by atoms with Gasteiger partial charge in [-0.25, -0.2) is 4.79 Å². The minimum Gasteiger partial charge on any atom is -0.449 e. The van der Waals surface area contributed by atoms with Crippen molar-refractivity contribution in [2.45, 2.75) is 18.4 Å².